The number of nitrogens with zero attached hydrogens (tertiary/aromatic N) is 3. The molecule has 0 saturated carbocycles. The van der Waals surface area contributed by atoms with Gasteiger partial charge in [0.05, 0.1) is 10.7 Å². The van der Waals surface area contributed by atoms with E-state index in [1.54, 1.807) is 6.07 Å². The lowest BCUT2D eigenvalue weighted by molar-refractivity contribution is -0.118. The van der Waals surface area contributed by atoms with E-state index in [0.717, 1.165) is 6.07 Å². The number of rotatable bonds is 3. The van der Waals surface area contributed by atoms with Gasteiger partial charge in [-0.1, -0.05) is 11.6 Å². The third-order valence-electron chi connectivity index (χ3n) is 1.58. The second-order valence-corrected chi connectivity index (χ2v) is 3.16. The highest BCUT2D eigenvalue weighted by Gasteiger charge is 2.11. The van der Waals surface area contributed by atoms with E-state index >= 15 is 0 Å². The fourth-order valence-corrected chi connectivity index (χ4v) is 0.993. The number of benzene rings is 1. The molecule has 0 aliphatic carbocycles. The molecule has 1 amide bonds. The summed E-state index contributed by atoms with van der Waals surface area (Å²) in [5, 5.41) is 15.3. The summed E-state index contributed by atoms with van der Waals surface area (Å²) in [4.78, 5) is 10.6. The average Bonchev–Trinajstić information content (AvgIpc) is 2.23. The lowest BCUT2D eigenvalue weighted by Gasteiger charge is -1.97. The van der Waals surface area contributed by atoms with Gasteiger partial charge in [0, 0.05) is 0 Å². The van der Waals surface area contributed by atoms with Crippen LogP contribution in [0.15, 0.2) is 28.4 Å². The lowest BCUT2D eigenvalue weighted by Crippen LogP contribution is -2.24. The summed E-state index contributed by atoms with van der Waals surface area (Å²) in [5.41, 5.74) is 5.09. The molecule has 7 heteroatoms. The zero-order valence-corrected chi connectivity index (χ0v) is 8.65. The van der Waals surface area contributed by atoms with Gasteiger partial charge in [-0.3, -0.25) is 4.79 Å². The topological polar surface area (TPSA) is 91.6 Å². The number of hydrogen-bond donors (Lipinski definition) is 1. The van der Waals surface area contributed by atoms with E-state index in [4.69, 9.17) is 22.6 Å². The second-order valence-electron chi connectivity index (χ2n) is 2.75. The number of hydrogen-bond acceptors (Lipinski definition) is 4. The van der Waals surface area contributed by atoms with E-state index in [2.05, 4.69) is 10.2 Å². The van der Waals surface area contributed by atoms with E-state index in [-0.39, 0.29) is 10.7 Å². The maximum Gasteiger partial charge on any atom is 0.258 e. The summed E-state index contributed by atoms with van der Waals surface area (Å²) in [6.07, 6.45) is 0. The van der Waals surface area contributed by atoms with Crippen LogP contribution in [0.5, 0.6) is 0 Å². The number of primary amides is 1. The molecular formula is C9H6ClFN4O. The van der Waals surface area contributed by atoms with Crippen LogP contribution < -0.4 is 5.73 Å². The van der Waals surface area contributed by atoms with Crippen molar-refractivity contribution in [1.29, 1.82) is 5.26 Å². The maximum absolute atomic E-state index is 12.8. The average molecular weight is 241 g/mol. The molecule has 1 aromatic carbocycles. The Bertz CT molecular complexity index is 483. The standard InChI is InChI=1S/C9H6ClFN4O/c10-6-3-5(1-2-7(6)11)14-15-8(4-12)9(13)16/h1-3,8H,(H2,13,16). The summed E-state index contributed by atoms with van der Waals surface area (Å²) < 4.78 is 12.8. The molecule has 16 heavy (non-hydrogen) atoms. The second kappa shape index (κ2) is 5.19. The molecule has 0 bridgehead atoms. The van der Waals surface area contributed by atoms with Crippen molar-refractivity contribution >= 4 is 23.2 Å². The summed E-state index contributed by atoms with van der Waals surface area (Å²) >= 11 is 5.49. The van der Waals surface area contributed by atoms with Gasteiger partial charge in [0.1, 0.15) is 11.9 Å². The number of halogens is 2. The van der Waals surface area contributed by atoms with Crippen LogP contribution in [0.4, 0.5) is 10.1 Å². The molecule has 0 aliphatic rings. The van der Waals surface area contributed by atoms with E-state index in [9.17, 15) is 9.18 Å². The van der Waals surface area contributed by atoms with Crippen molar-refractivity contribution in [2.45, 2.75) is 6.04 Å². The monoisotopic (exact) mass is 240 g/mol. The highest BCUT2D eigenvalue weighted by molar-refractivity contribution is 6.30. The van der Waals surface area contributed by atoms with Gasteiger partial charge in [0.25, 0.3) is 5.91 Å². The predicted octanol–water partition coefficient (Wildman–Crippen LogP) is 1.94. The Balaban J connectivity index is 2.88. The first-order valence-electron chi connectivity index (χ1n) is 4.09. The van der Waals surface area contributed by atoms with Crippen LogP contribution in [0, 0.1) is 17.1 Å². The minimum atomic E-state index is -1.36. The number of nitrogens with two attached hydrogens (primary N) is 1. The minimum absolute atomic E-state index is 0.121. The quantitative estimate of drug-likeness (QED) is 0.818. The van der Waals surface area contributed by atoms with Crippen molar-refractivity contribution in [3.05, 3.63) is 29.0 Å². The largest absolute Gasteiger partial charge is 0.367 e. The molecule has 1 aromatic rings. The number of carbonyl (C=O) groups excluding carboxylic acids is 1. The summed E-state index contributed by atoms with van der Waals surface area (Å²) in [7, 11) is 0. The highest BCUT2D eigenvalue weighted by Crippen LogP contribution is 2.21. The van der Waals surface area contributed by atoms with Crippen molar-refractivity contribution in [3.63, 3.8) is 0 Å². The molecule has 0 aromatic heterocycles. The van der Waals surface area contributed by atoms with E-state index < -0.39 is 17.8 Å². The van der Waals surface area contributed by atoms with E-state index in [1.807, 2.05) is 0 Å². The van der Waals surface area contributed by atoms with Crippen LogP contribution in [0.2, 0.25) is 5.02 Å². The smallest absolute Gasteiger partial charge is 0.258 e. The van der Waals surface area contributed by atoms with E-state index in [0.29, 0.717) is 0 Å². The molecule has 0 heterocycles. The highest BCUT2D eigenvalue weighted by atomic mass is 35.5. The Hall–Kier alpha value is -2.00. The van der Waals surface area contributed by atoms with Crippen molar-refractivity contribution in [2.75, 3.05) is 0 Å². The van der Waals surface area contributed by atoms with Crippen LogP contribution in [0.3, 0.4) is 0 Å². The molecule has 82 valence electrons. The van der Waals surface area contributed by atoms with Gasteiger partial charge < -0.3 is 5.73 Å². The third-order valence-corrected chi connectivity index (χ3v) is 1.87. The third kappa shape index (κ3) is 3.00. The molecule has 1 rings (SSSR count). The Kier molecular flexibility index (Phi) is 3.91. The Morgan fingerprint density at radius 3 is 2.81 bits per heavy atom. The summed E-state index contributed by atoms with van der Waals surface area (Å²) in [5.74, 6) is -1.49. The predicted molar refractivity (Wildman–Crippen MR) is 54.5 cm³/mol. The molecule has 2 N–H and O–H groups in total. The van der Waals surface area contributed by atoms with Crippen LogP contribution in [-0.4, -0.2) is 11.9 Å². The van der Waals surface area contributed by atoms with Crippen molar-refractivity contribution in [1.82, 2.24) is 0 Å². The van der Waals surface area contributed by atoms with Gasteiger partial charge in [0.15, 0.2) is 0 Å². The van der Waals surface area contributed by atoms with Crippen molar-refractivity contribution < 1.29 is 9.18 Å². The van der Waals surface area contributed by atoms with Crippen LogP contribution in [0.25, 0.3) is 0 Å². The Morgan fingerprint density at radius 2 is 2.31 bits per heavy atom. The first-order chi connectivity index (χ1) is 7.54. The van der Waals surface area contributed by atoms with Gasteiger partial charge in [0.2, 0.25) is 6.04 Å². The van der Waals surface area contributed by atoms with Gasteiger partial charge in [-0.15, -0.1) is 0 Å². The molecule has 1 unspecified atom stereocenters. The van der Waals surface area contributed by atoms with Gasteiger partial charge in [-0.25, -0.2) is 4.39 Å². The lowest BCUT2D eigenvalue weighted by atomic mass is 10.3. The molecule has 0 radical (unpaired) electrons. The first kappa shape index (κ1) is 12.1. The van der Waals surface area contributed by atoms with Crippen LogP contribution >= 0.6 is 11.6 Å². The van der Waals surface area contributed by atoms with Gasteiger partial charge in [-0.2, -0.15) is 15.5 Å². The zero-order chi connectivity index (χ0) is 12.1. The Morgan fingerprint density at radius 1 is 1.62 bits per heavy atom. The Labute approximate surface area is 95.3 Å². The van der Waals surface area contributed by atoms with Gasteiger partial charge in [-0.05, 0) is 18.2 Å². The molecule has 0 aliphatic heterocycles. The molecule has 5 nitrogen and oxygen atoms in total. The summed E-state index contributed by atoms with van der Waals surface area (Å²) in [6.45, 7) is 0. The molecule has 0 fully saturated rings. The number of amides is 1. The minimum Gasteiger partial charge on any atom is -0.367 e. The molecule has 0 saturated heterocycles. The van der Waals surface area contributed by atoms with Gasteiger partial charge >= 0.3 is 0 Å². The molecule has 1 atom stereocenters. The number of azo groups is 1. The number of carbonyl (C=O) groups is 1. The maximum atomic E-state index is 12.8. The van der Waals surface area contributed by atoms with Crippen molar-refractivity contribution in [2.24, 2.45) is 16.0 Å². The van der Waals surface area contributed by atoms with Crippen LogP contribution in [-0.2, 0) is 4.79 Å². The fraction of sp³-hybridized carbons (Fsp3) is 0.111. The zero-order valence-electron chi connectivity index (χ0n) is 7.89. The molecule has 0 spiro atoms. The fourth-order valence-electron chi connectivity index (χ4n) is 0.818. The van der Waals surface area contributed by atoms with Crippen molar-refractivity contribution in [3.8, 4) is 6.07 Å². The van der Waals surface area contributed by atoms with Crippen LogP contribution in [0.1, 0.15) is 0 Å². The molecular weight excluding hydrogens is 235 g/mol. The summed E-state index contributed by atoms with van der Waals surface area (Å²) in [6, 6.07) is 3.82. The normalized spacial score (nSPS) is 12.3. The SMILES string of the molecule is N#CC(N=Nc1ccc(F)c(Cl)c1)C(N)=O. The first-order valence-corrected chi connectivity index (χ1v) is 4.47. The van der Waals surface area contributed by atoms with E-state index in [1.165, 1.54) is 12.1 Å². The number of nitriles is 1.